The van der Waals surface area contributed by atoms with E-state index in [0.29, 0.717) is 0 Å². The molecule has 0 atom stereocenters. The third-order valence-electron chi connectivity index (χ3n) is 4.61. The van der Waals surface area contributed by atoms with Gasteiger partial charge in [0.2, 0.25) is 0 Å². The molecule has 0 radical (unpaired) electrons. The molecule has 1 fully saturated rings. The first-order valence-corrected chi connectivity index (χ1v) is 9.38. The summed E-state index contributed by atoms with van der Waals surface area (Å²) in [6.07, 6.45) is 3.44. The van der Waals surface area contributed by atoms with Crippen molar-refractivity contribution in [2.45, 2.75) is 32.7 Å². The highest BCUT2D eigenvalue weighted by Gasteiger charge is 2.13. The van der Waals surface area contributed by atoms with E-state index >= 15 is 0 Å². The number of benzene rings is 1. The van der Waals surface area contributed by atoms with Crippen LogP contribution in [0.4, 0.5) is 0 Å². The SMILES string of the molecule is CCCOc1ccc(CCCN2CCN(C)CC2)cc1CN(C)C. The van der Waals surface area contributed by atoms with Crippen LogP contribution in [0.15, 0.2) is 18.2 Å². The monoisotopic (exact) mass is 333 g/mol. The quantitative estimate of drug-likeness (QED) is 0.691. The number of aryl methyl sites for hydroxylation is 1. The third kappa shape index (κ3) is 6.42. The maximum absolute atomic E-state index is 5.91. The summed E-state index contributed by atoms with van der Waals surface area (Å²) in [5, 5.41) is 0. The molecule has 136 valence electrons. The minimum atomic E-state index is 0.795. The number of nitrogens with zero attached hydrogens (tertiary/aromatic N) is 3. The fourth-order valence-corrected chi connectivity index (χ4v) is 3.18. The Morgan fingerprint density at radius 1 is 1.12 bits per heavy atom. The van der Waals surface area contributed by atoms with Crippen LogP contribution in [0.2, 0.25) is 0 Å². The summed E-state index contributed by atoms with van der Waals surface area (Å²) >= 11 is 0. The van der Waals surface area contributed by atoms with Gasteiger partial charge in [0.25, 0.3) is 0 Å². The number of likely N-dealkylation sites (N-methyl/N-ethyl adjacent to an activating group) is 1. The molecule has 0 aromatic heterocycles. The Hall–Kier alpha value is -1.10. The summed E-state index contributed by atoms with van der Waals surface area (Å²) in [6.45, 7) is 9.93. The maximum Gasteiger partial charge on any atom is 0.123 e. The summed E-state index contributed by atoms with van der Waals surface area (Å²) in [5.74, 6) is 1.05. The molecular weight excluding hydrogens is 298 g/mol. The van der Waals surface area contributed by atoms with Crippen LogP contribution in [0.5, 0.6) is 5.75 Å². The molecule has 1 aliphatic heterocycles. The fourth-order valence-electron chi connectivity index (χ4n) is 3.18. The minimum absolute atomic E-state index is 0.795. The van der Waals surface area contributed by atoms with Crippen LogP contribution < -0.4 is 4.74 Å². The molecule has 1 aliphatic rings. The molecule has 1 heterocycles. The molecular formula is C20H35N3O. The lowest BCUT2D eigenvalue weighted by Crippen LogP contribution is -2.44. The second-order valence-corrected chi connectivity index (χ2v) is 7.28. The first kappa shape index (κ1) is 19.2. The van der Waals surface area contributed by atoms with Gasteiger partial charge in [-0.15, -0.1) is 0 Å². The molecule has 4 nitrogen and oxygen atoms in total. The largest absolute Gasteiger partial charge is 0.493 e. The number of hydrogen-bond acceptors (Lipinski definition) is 4. The summed E-state index contributed by atoms with van der Waals surface area (Å²) < 4.78 is 5.91. The van der Waals surface area contributed by atoms with Crippen LogP contribution in [0.3, 0.4) is 0 Å². The van der Waals surface area contributed by atoms with Gasteiger partial charge >= 0.3 is 0 Å². The van der Waals surface area contributed by atoms with Crippen LogP contribution in [0.25, 0.3) is 0 Å². The normalized spacial score (nSPS) is 16.7. The average molecular weight is 334 g/mol. The highest BCUT2D eigenvalue weighted by Crippen LogP contribution is 2.22. The second-order valence-electron chi connectivity index (χ2n) is 7.28. The summed E-state index contributed by atoms with van der Waals surface area (Å²) in [5.41, 5.74) is 2.75. The molecule has 0 unspecified atom stereocenters. The van der Waals surface area contributed by atoms with Gasteiger partial charge in [-0.2, -0.15) is 0 Å². The van der Waals surface area contributed by atoms with Crippen molar-refractivity contribution < 1.29 is 4.74 Å². The molecule has 1 saturated heterocycles. The Kier molecular flexibility index (Phi) is 8.03. The molecule has 0 N–H and O–H groups in total. The Labute approximate surface area is 148 Å². The van der Waals surface area contributed by atoms with E-state index in [4.69, 9.17) is 4.74 Å². The summed E-state index contributed by atoms with van der Waals surface area (Å²) in [7, 11) is 6.44. The van der Waals surface area contributed by atoms with Gasteiger partial charge in [0.1, 0.15) is 5.75 Å². The van der Waals surface area contributed by atoms with E-state index in [9.17, 15) is 0 Å². The van der Waals surface area contributed by atoms with Gasteiger partial charge < -0.3 is 19.4 Å². The first-order valence-electron chi connectivity index (χ1n) is 9.38. The van der Waals surface area contributed by atoms with Gasteiger partial charge in [0.05, 0.1) is 6.61 Å². The topological polar surface area (TPSA) is 19.0 Å². The molecule has 0 aliphatic carbocycles. The predicted molar refractivity (Wildman–Crippen MR) is 102 cm³/mol. The van der Waals surface area contributed by atoms with Crippen LogP contribution in [0, 0.1) is 0 Å². The second kappa shape index (κ2) is 10.0. The van der Waals surface area contributed by atoms with Gasteiger partial charge in [-0.1, -0.05) is 19.1 Å². The van der Waals surface area contributed by atoms with Crippen molar-refractivity contribution in [2.75, 3.05) is 60.5 Å². The van der Waals surface area contributed by atoms with Crippen LogP contribution >= 0.6 is 0 Å². The smallest absolute Gasteiger partial charge is 0.123 e. The molecule has 0 bridgehead atoms. The molecule has 0 saturated carbocycles. The van der Waals surface area contributed by atoms with E-state index in [1.165, 1.54) is 50.3 Å². The van der Waals surface area contributed by atoms with Crippen molar-refractivity contribution in [3.8, 4) is 5.75 Å². The molecule has 1 aromatic rings. The zero-order valence-corrected chi connectivity index (χ0v) is 16.1. The van der Waals surface area contributed by atoms with Crippen molar-refractivity contribution in [1.82, 2.24) is 14.7 Å². The summed E-state index contributed by atoms with van der Waals surface area (Å²) in [6, 6.07) is 6.75. The van der Waals surface area contributed by atoms with Crippen molar-refractivity contribution in [2.24, 2.45) is 0 Å². The van der Waals surface area contributed by atoms with E-state index in [0.717, 1.165) is 31.7 Å². The minimum Gasteiger partial charge on any atom is -0.493 e. The molecule has 4 heteroatoms. The Bertz CT molecular complexity index is 482. The molecule has 24 heavy (non-hydrogen) atoms. The predicted octanol–water partition coefficient (Wildman–Crippen LogP) is 2.72. The lowest BCUT2D eigenvalue weighted by atomic mass is 10.0. The standard InChI is InChI=1S/C20H35N3O/c1-5-15-24-20-9-8-18(16-19(20)17-21(2)3)7-6-10-23-13-11-22(4)12-14-23/h8-9,16H,5-7,10-15,17H2,1-4H3. The van der Waals surface area contributed by atoms with Crippen LogP contribution in [-0.4, -0.2) is 75.2 Å². The lowest BCUT2D eigenvalue weighted by Gasteiger charge is -2.32. The van der Waals surface area contributed by atoms with E-state index in [1.54, 1.807) is 0 Å². The van der Waals surface area contributed by atoms with Crippen molar-refractivity contribution >= 4 is 0 Å². The zero-order chi connectivity index (χ0) is 17.4. The Balaban J connectivity index is 1.87. The Morgan fingerprint density at radius 2 is 1.88 bits per heavy atom. The van der Waals surface area contributed by atoms with E-state index < -0.39 is 0 Å². The highest BCUT2D eigenvalue weighted by molar-refractivity contribution is 5.37. The van der Waals surface area contributed by atoms with Gasteiger partial charge in [0.15, 0.2) is 0 Å². The van der Waals surface area contributed by atoms with Crippen molar-refractivity contribution in [1.29, 1.82) is 0 Å². The zero-order valence-electron chi connectivity index (χ0n) is 16.1. The number of piperazine rings is 1. The first-order chi connectivity index (χ1) is 11.6. The molecule has 1 aromatic carbocycles. The lowest BCUT2D eigenvalue weighted by molar-refractivity contribution is 0.153. The van der Waals surface area contributed by atoms with E-state index in [1.807, 2.05) is 0 Å². The molecule has 0 spiro atoms. The third-order valence-corrected chi connectivity index (χ3v) is 4.61. The number of rotatable bonds is 9. The van der Waals surface area contributed by atoms with Gasteiger partial charge in [-0.3, -0.25) is 0 Å². The molecule has 0 amide bonds. The average Bonchev–Trinajstić information content (AvgIpc) is 2.55. The van der Waals surface area contributed by atoms with Crippen molar-refractivity contribution in [3.05, 3.63) is 29.3 Å². The van der Waals surface area contributed by atoms with Crippen molar-refractivity contribution in [3.63, 3.8) is 0 Å². The maximum atomic E-state index is 5.91. The van der Waals surface area contributed by atoms with Gasteiger partial charge in [-0.05, 0) is 58.6 Å². The van der Waals surface area contributed by atoms with E-state index in [-0.39, 0.29) is 0 Å². The van der Waals surface area contributed by atoms with Gasteiger partial charge in [0, 0.05) is 38.3 Å². The fraction of sp³-hybridized carbons (Fsp3) is 0.700. The highest BCUT2D eigenvalue weighted by atomic mass is 16.5. The number of hydrogen-bond donors (Lipinski definition) is 0. The molecule has 2 rings (SSSR count). The Morgan fingerprint density at radius 3 is 2.54 bits per heavy atom. The number of ether oxygens (including phenoxy) is 1. The van der Waals surface area contributed by atoms with Gasteiger partial charge in [-0.25, -0.2) is 0 Å². The van der Waals surface area contributed by atoms with Crippen LogP contribution in [-0.2, 0) is 13.0 Å². The van der Waals surface area contributed by atoms with E-state index in [2.05, 4.69) is 61.0 Å². The van der Waals surface area contributed by atoms with Crippen LogP contribution in [0.1, 0.15) is 30.9 Å². The summed E-state index contributed by atoms with van der Waals surface area (Å²) in [4.78, 5) is 7.22.